The lowest BCUT2D eigenvalue weighted by molar-refractivity contribution is 0.0981. The zero-order valence-electron chi connectivity index (χ0n) is 21.8. The smallest absolute Gasteiger partial charge is 0.281 e. The number of carbonyl (C=O) groups is 1. The van der Waals surface area contributed by atoms with E-state index in [4.69, 9.17) is 0 Å². The van der Waals surface area contributed by atoms with Crippen molar-refractivity contribution in [2.75, 3.05) is 49.1 Å². The molecular formula is C26H38N6O3S. The minimum Gasteiger partial charge on any atom is -0.354 e. The molecule has 0 aliphatic carbocycles. The highest BCUT2D eigenvalue weighted by molar-refractivity contribution is 7.90. The molecule has 2 fully saturated rings. The van der Waals surface area contributed by atoms with Crippen LogP contribution < -0.4 is 14.5 Å². The van der Waals surface area contributed by atoms with Crippen LogP contribution in [0.4, 0.5) is 11.6 Å². The van der Waals surface area contributed by atoms with Crippen LogP contribution >= 0.6 is 0 Å². The molecule has 1 N–H and O–H groups in total. The second-order valence-corrected chi connectivity index (χ2v) is 12.2. The molecule has 0 spiro atoms. The molecule has 0 saturated carbocycles. The minimum absolute atomic E-state index is 0.165. The molecule has 0 radical (unpaired) electrons. The van der Waals surface area contributed by atoms with Crippen LogP contribution in [0.25, 0.3) is 0 Å². The fourth-order valence-corrected chi connectivity index (χ4v) is 6.22. The van der Waals surface area contributed by atoms with E-state index in [0.29, 0.717) is 17.6 Å². The number of amides is 1. The summed E-state index contributed by atoms with van der Waals surface area (Å²) in [5, 5.41) is -0.165. The summed E-state index contributed by atoms with van der Waals surface area (Å²) in [5.74, 6) is 0.852. The predicted molar refractivity (Wildman–Crippen MR) is 142 cm³/mol. The van der Waals surface area contributed by atoms with Crippen molar-refractivity contribution < 1.29 is 13.2 Å². The van der Waals surface area contributed by atoms with Crippen molar-refractivity contribution in [1.82, 2.24) is 19.6 Å². The number of carbonyl (C=O) groups excluding carboxylic acids is 1. The van der Waals surface area contributed by atoms with Crippen molar-refractivity contribution in [3.63, 3.8) is 0 Å². The molecule has 10 heteroatoms. The molecule has 9 nitrogen and oxygen atoms in total. The van der Waals surface area contributed by atoms with Crippen LogP contribution in [-0.2, 0) is 10.0 Å². The first kappa shape index (κ1) is 26.3. The van der Waals surface area contributed by atoms with Gasteiger partial charge in [0.2, 0.25) is 0 Å². The molecule has 1 unspecified atom stereocenters. The average Bonchev–Trinajstić information content (AvgIpc) is 3.14. The van der Waals surface area contributed by atoms with Crippen LogP contribution in [-0.4, -0.2) is 74.0 Å². The summed E-state index contributed by atoms with van der Waals surface area (Å²) in [5.41, 5.74) is 0.0561. The predicted octanol–water partition coefficient (Wildman–Crippen LogP) is 3.14. The number of aromatic nitrogens is 2. The van der Waals surface area contributed by atoms with Crippen LogP contribution in [0.15, 0.2) is 41.6 Å². The van der Waals surface area contributed by atoms with E-state index < -0.39 is 15.9 Å². The molecule has 196 valence electrons. The summed E-state index contributed by atoms with van der Waals surface area (Å²) in [6.45, 7) is 13.8. The number of pyridine rings is 2. The Bertz CT molecular complexity index is 1180. The molecule has 1 atom stereocenters. The Kier molecular flexibility index (Phi) is 7.85. The van der Waals surface area contributed by atoms with Crippen LogP contribution in [0.1, 0.15) is 57.3 Å². The average molecular weight is 515 g/mol. The van der Waals surface area contributed by atoms with Gasteiger partial charge in [-0.2, -0.15) is 8.42 Å². The molecule has 36 heavy (non-hydrogen) atoms. The third-order valence-corrected chi connectivity index (χ3v) is 8.33. The van der Waals surface area contributed by atoms with Gasteiger partial charge in [-0.15, -0.1) is 0 Å². The fraction of sp³-hybridized carbons (Fsp3) is 0.577. The molecule has 2 aromatic rings. The Morgan fingerprint density at radius 3 is 2.56 bits per heavy atom. The third-order valence-electron chi connectivity index (χ3n) is 7.10. The highest BCUT2D eigenvalue weighted by Gasteiger charge is 2.39. The van der Waals surface area contributed by atoms with Gasteiger partial charge in [0.25, 0.3) is 15.9 Å². The summed E-state index contributed by atoms with van der Waals surface area (Å²) in [7, 11) is -4.17. The lowest BCUT2D eigenvalue weighted by Gasteiger charge is -2.35. The molecule has 4 rings (SSSR count). The molecule has 4 heterocycles. The Morgan fingerprint density at radius 2 is 1.89 bits per heavy atom. The van der Waals surface area contributed by atoms with E-state index in [1.807, 2.05) is 6.07 Å². The largest absolute Gasteiger partial charge is 0.354 e. The molecule has 1 amide bonds. The van der Waals surface area contributed by atoms with Gasteiger partial charge in [0.15, 0.2) is 5.03 Å². The SMILES string of the molecule is CCCCN1CCN(c2cccc(S(=O)(=O)NC(=O)c3cccnc3N3CC(C)CC3(C)C)n2)CC1. The summed E-state index contributed by atoms with van der Waals surface area (Å²) in [6.07, 6.45) is 4.95. The molecule has 0 aromatic carbocycles. The summed E-state index contributed by atoms with van der Waals surface area (Å²) >= 11 is 0. The van der Waals surface area contributed by atoms with Gasteiger partial charge in [0.1, 0.15) is 11.6 Å². The van der Waals surface area contributed by atoms with Crippen LogP contribution in [0.2, 0.25) is 0 Å². The standard InChI is InChI=1S/C26H38N6O3S/c1-5-6-13-30-14-16-31(17-15-30)22-10-7-11-23(28-22)36(34,35)29-25(33)21-9-8-12-27-24(21)32-19-20(2)18-26(32,3)4/h7-12,20H,5-6,13-19H2,1-4H3,(H,29,33). The number of nitrogens with one attached hydrogen (secondary N) is 1. The van der Waals surface area contributed by atoms with Gasteiger partial charge in [0.05, 0.1) is 5.56 Å². The van der Waals surface area contributed by atoms with Crippen molar-refractivity contribution in [3.05, 3.63) is 42.1 Å². The Labute approximate surface area is 215 Å². The lowest BCUT2D eigenvalue weighted by atomic mass is 9.97. The van der Waals surface area contributed by atoms with Crippen molar-refractivity contribution in [1.29, 1.82) is 0 Å². The van der Waals surface area contributed by atoms with E-state index in [0.717, 1.165) is 45.7 Å². The second-order valence-electron chi connectivity index (χ2n) is 10.6. The third kappa shape index (κ3) is 5.81. The first-order chi connectivity index (χ1) is 17.1. The maximum atomic E-state index is 13.2. The molecule has 2 aliphatic heterocycles. The number of nitrogens with zero attached hydrogens (tertiary/aromatic N) is 5. The highest BCUT2D eigenvalue weighted by atomic mass is 32.2. The summed E-state index contributed by atoms with van der Waals surface area (Å²) < 4.78 is 28.6. The summed E-state index contributed by atoms with van der Waals surface area (Å²) in [4.78, 5) is 28.7. The number of anilines is 2. The van der Waals surface area contributed by atoms with E-state index in [2.05, 4.69) is 57.1 Å². The van der Waals surface area contributed by atoms with Crippen LogP contribution in [0, 0.1) is 5.92 Å². The monoisotopic (exact) mass is 514 g/mol. The number of sulfonamides is 1. The van der Waals surface area contributed by atoms with Gasteiger partial charge in [-0.05, 0) is 63.4 Å². The number of hydrogen-bond acceptors (Lipinski definition) is 8. The maximum Gasteiger partial charge on any atom is 0.281 e. The molecule has 0 bridgehead atoms. The van der Waals surface area contributed by atoms with Gasteiger partial charge in [-0.3, -0.25) is 9.69 Å². The van der Waals surface area contributed by atoms with Crippen molar-refractivity contribution >= 4 is 27.6 Å². The number of rotatable bonds is 8. The molecule has 2 aliphatic rings. The van der Waals surface area contributed by atoms with Gasteiger partial charge in [-0.25, -0.2) is 14.7 Å². The first-order valence-electron chi connectivity index (χ1n) is 12.8. The number of hydrogen-bond donors (Lipinski definition) is 1. The van der Waals surface area contributed by atoms with E-state index in [1.165, 1.54) is 18.9 Å². The Balaban J connectivity index is 1.49. The fourth-order valence-electron chi connectivity index (χ4n) is 5.29. The summed E-state index contributed by atoms with van der Waals surface area (Å²) in [6, 6.07) is 8.18. The zero-order valence-corrected chi connectivity index (χ0v) is 22.6. The number of piperazine rings is 1. The van der Waals surface area contributed by atoms with E-state index in [-0.39, 0.29) is 16.1 Å². The van der Waals surface area contributed by atoms with Gasteiger partial charge in [-0.1, -0.05) is 26.3 Å². The maximum absolute atomic E-state index is 13.2. The van der Waals surface area contributed by atoms with Crippen molar-refractivity contribution in [3.8, 4) is 0 Å². The van der Waals surface area contributed by atoms with Crippen molar-refractivity contribution in [2.45, 2.75) is 57.5 Å². The quantitative estimate of drug-likeness (QED) is 0.574. The zero-order chi connectivity index (χ0) is 25.9. The second kappa shape index (κ2) is 10.7. The van der Waals surface area contributed by atoms with E-state index in [9.17, 15) is 13.2 Å². The van der Waals surface area contributed by atoms with E-state index >= 15 is 0 Å². The van der Waals surface area contributed by atoms with Crippen LogP contribution in [0.3, 0.4) is 0 Å². The topological polar surface area (TPSA) is 98.7 Å². The normalized spacial score (nSPS) is 20.5. The van der Waals surface area contributed by atoms with Crippen LogP contribution in [0.5, 0.6) is 0 Å². The molecule has 2 aromatic heterocycles. The van der Waals surface area contributed by atoms with Gasteiger partial charge >= 0.3 is 0 Å². The first-order valence-corrected chi connectivity index (χ1v) is 14.3. The lowest BCUT2D eigenvalue weighted by Crippen LogP contribution is -2.47. The highest BCUT2D eigenvalue weighted by Crippen LogP contribution is 2.37. The Morgan fingerprint density at radius 1 is 1.14 bits per heavy atom. The molecular weight excluding hydrogens is 476 g/mol. The minimum atomic E-state index is -4.17. The Hall–Kier alpha value is -2.72. The number of unbranched alkanes of at least 4 members (excludes halogenated alkanes) is 1. The van der Waals surface area contributed by atoms with Gasteiger partial charge < -0.3 is 9.80 Å². The molecule has 2 saturated heterocycles. The van der Waals surface area contributed by atoms with Crippen molar-refractivity contribution in [2.24, 2.45) is 5.92 Å². The van der Waals surface area contributed by atoms with E-state index in [1.54, 1.807) is 24.4 Å². The van der Waals surface area contributed by atoms with Gasteiger partial charge in [0, 0.05) is 44.5 Å².